The molecule has 0 spiro atoms. The molecule has 0 unspecified atom stereocenters. The van der Waals surface area contributed by atoms with Crippen molar-refractivity contribution in [2.45, 2.75) is 6.54 Å². The van der Waals surface area contributed by atoms with Crippen molar-refractivity contribution in [3.63, 3.8) is 0 Å². The molecule has 0 amide bonds. The summed E-state index contributed by atoms with van der Waals surface area (Å²) in [4.78, 5) is 14.5. The molecule has 0 aliphatic heterocycles. The van der Waals surface area contributed by atoms with Crippen LogP contribution in [0.4, 0.5) is 4.39 Å². The van der Waals surface area contributed by atoms with Crippen LogP contribution in [0.2, 0.25) is 0 Å². The van der Waals surface area contributed by atoms with Gasteiger partial charge in [-0.15, -0.1) is 0 Å². The van der Waals surface area contributed by atoms with Crippen molar-refractivity contribution in [3.05, 3.63) is 46.0 Å². The van der Waals surface area contributed by atoms with Gasteiger partial charge in [-0.05, 0) is 18.2 Å². The molecule has 2 rings (SSSR count). The van der Waals surface area contributed by atoms with Crippen LogP contribution in [0.5, 0.6) is 0 Å². The van der Waals surface area contributed by atoms with Crippen LogP contribution in [0.3, 0.4) is 0 Å². The molecule has 2 aromatic rings. The number of rotatable bonds is 1. The number of nitrogens with two attached hydrogens (primary N) is 1. The summed E-state index contributed by atoms with van der Waals surface area (Å²) >= 11 is 0. The quantitative estimate of drug-likeness (QED) is 0.711. The first-order valence-corrected chi connectivity index (χ1v) is 4.22. The zero-order valence-corrected chi connectivity index (χ0v) is 7.38. The molecule has 72 valence electrons. The first-order valence-electron chi connectivity index (χ1n) is 4.22. The lowest BCUT2D eigenvalue weighted by Crippen LogP contribution is -2.13. The van der Waals surface area contributed by atoms with E-state index in [0.717, 1.165) is 0 Å². The Morgan fingerprint density at radius 3 is 2.93 bits per heavy atom. The molecule has 0 aliphatic rings. The summed E-state index contributed by atoms with van der Waals surface area (Å²) in [5.74, 6) is -0.367. The zero-order chi connectivity index (χ0) is 10.1. The highest BCUT2D eigenvalue weighted by molar-refractivity contribution is 5.78. The van der Waals surface area contributed by atoms with E-state index in [1.54, 1.807) is 0 Å². The molecule has 0 fully saturated rings. The third-order valence-electron chi connectivity index (χ3n) is 2.14. The fourth-order valence-corrected chi connectivity index (χ4v) is 1.39. The van der Waals surface area contributed by atoms with Crippen LogP contribution >= 0.6 is 0 Å². The van der Waals surface area contributed by atoms with E-state index in [2.05, 4.69) is 4.98 Å². The Labute approximate surface area is 79.4 Å². The van der Waals surface area contributed by atoms with Gasteiger partial charge in [0, 0.05) is 23.7 Å². The molecule has 0 aliphatic carbocycles. The van der Waals surface area contributed by atoms with Gasteiger partial charge in [-0.3, -0.25) is 4.79 Å². The summed E-state index contributed by atoms with van der Waals surface area (Å²) in [6.45, 7) is 0.183. The van der Waals surface area contributed by atoms with E-state index in [9.17, 15) is 9.18 Å². The molecular weight excluding hydrogens is 183 g/mol. The van der Waals surface area contributed by atoms with Gasteiger partial charge in [0.25, 0.3) is 0 Å². The summed E-state index contributed by atoms with van der Waals surface area (Å²) < 4.78 is 12.8. The summed E-state index contributed by atoms with van der Waals surface area (Å²) in [5, 5.41) is 0.467. The highest BCUT2D eigenvalue weighted by Gasteiger charge is 2.03. The van der Waals surface area contributed by atoms with Crippen LogP contribution in [-0.2, 0) is 6.54 Å². The number of aromatic amines is 1. The predicted octanol–water partition coefficient (Wildman–Crippen LogP) is 1.13. The molecule has 0 bridgehead atoms. The average Bonchev–Trinajstić information content (AvgIpc) is 2.18. The van der Waals surface area contributed by atoms with Gasteiger partial charge in [-0.25, -0.2) is 4.39 Å². The maximum Gasteiger partial charge on any atom is 0.193 e. The lowest BCUT2D eigenvalue weighted by molar-refractivity contribution is 0.629. The van der Waals surface area contributed by atoms with E-state index < -0.39 is 0 Å². The number of aromatic nitrogens is 1. The Hall–Kier alpha value is -1.68. The molecule has 14 heavy (non-hydrogen) atoms. The van der Waals surface area contributed by atoms with Gasteiger partial charge in [0.1, 0.15) is 5.82 Å². The second-order valence-electron chi connectivity index (χ2n) is 3.04. The standard InChI is InChI=1S/C10H9FN2O/c11-7-1-2-8-9(3-7)13-5-6(4-12)10(8)14/h1-3,5H,4,12H2,(H,13,14). The van der Waals surface area contributed by atoms with Crippen LogP contribution in [0.25, 0.3) is 10.9 Å². The molecule has 3 nitrogen and oxygen atoms in total. The van der Waals surface area contributed by atoms with Crippen LogP contribution < -0.4 is 11.2 Å². The van der Waals surface area contributed by atoms with Crippen molar-refractivity contribution in [3.8, 4) is 0 Å². The number of hydrogen-bond acceptors (Lipinski definition) is 2. The molecule has 1 aromatic heterocycles. The Kier molecular flexibility index (Phi) is 2.05. The van der Waals surface area contributed by atoms with Gasteiger partial charge in [0.15, 0.2) is 5.43 Å². The maximum absolute atomic E-state index is 12.8. The third kappa shape index (κ3) is 1.29. The first kappa shape index (κ1) is 8.90. The van der Waals surface area contributed by atoms with Gasteiger partial charge < -0.3 is 10.7 Å². The van der Waals surface area contributed by atoms with Crippen molar-refractivity contribution in [1.29, 1.82) is 0 Å². The van der Waals surface area contributed by atoms with Gasteiger partial charge in [0.05, 0.1) is 5.52 Å². The number of fused-ring (bicyclic) bond motifs is 1. The normalized spacial score (nSPS) is 10.7. The van der Waals surface area contributed by atoms with Crippen LogP contribution in [-0.4, -0.2) is 4.98 Å². The highest BCUT2D eigenvalue weighted by Crippen LogP contribution is 2.09. The number of halogens is 1. The number of benzene rings is 1. The monoisotopic (exact) mass is 192 g/mol. The van der Waals surface area contributed by atoms with Crippen LogP contribution in [0, 0.1) is 5.82 Å². The van der Waals surface area contributed by atoms with E-state index in [1.807, 2.05) is 0 Å². The van der Waals surface area contributed by atoms with Crippen molar-refractivity contribution < 1.29 is 4.39 Å². The maximum atomic E-state index is 12.8. The fraction of sp³-hybridized carbons (Fsp3) is 0.100. The number of H-pyrrole nitrogens is 1. The molecule has 1 aromatic carbocycles. The lowest BCUT2D eigenvalue weighted by Gasteiger charge is -2.00. The van der Waals surface area contributed by atoms with Gasteiger partial charge >= 0.3 is 0 Å². The molecular formula is C10H9FN2O. The van der Waals surface area contributed by atoms with E-state index in [-0.39, 0.29) is 17.8 Å². The number of pyridine rings is 1. The minimum Gasteiger partial charge on any atom is -0.361 e. The highest BCUT2D eigenvalue weighted by atomic mass is 19.1. The third-order valence-corrected chi connectivity index (χ3v) is 2.14. The summed E-state index contributed by atoms with van der Waals surface area (Å²) in [5.41, 5.74) is 6.24. The van der Waals surface area contributed by atoms with Crippen molar-refractivity contribution >= 4 is 10.9 Å². The van der Waals surface area contributed by atoms with E-state index >= 15 is 0 Å². The minimum atomic E-state index is -0.367. The molecule has 1 heterocycles. The predicted molar refractivity (Wildman–Crippen MR) is 52.4 cm³/mol. The molecule has 0 saturated carbocycles. The zero-order valence-electron chi connectivity index (χ0n) is 7.38. The largest absolute Gasteiger partial charge is 0.361 e. The van der Waals surface area contributed by atoms with E-state index in [0.29, 0.717) is 16.5 Å². The summed E-state index contributed by atoms with van der Waals surface area (Å²) in [7, 11) is 0. The molecule has 0 saturated heterocycles. The Balaban J connectivity index is 2.84. The average molecular weight is 192 g/mol. The van der Waals surface area contributed by atoms with E-state index in [4.69, 9.17) is 5.73 Å². The van der Waals surface area contributed by atoms with Crippen molar-refractivity contribution in [1.82, 2.24) is 4.98 Å². The summed E-state index contributed by atoms with van der Waals surface area (Å²) in [6, 6.07) is 4.01. The first-order chi connectivity index (χ1) is 6.72. The van der Waals surface area contributed by atoms with E-state index in [1.165, 1.54) is 24.4 Å². The number of nitrogens with one attached hydrogen (secondary N) is 1. The van der Waals surface area contributed by atoms with Crippen LogP contribution in [0.1, 0.15) is 5.56 Å². The molecule has 4 heteroatoms. The number of hydrogen-bond donors (Lipinski definition) is 2. The topological polar surface area (TPSA) is 58.9 Å². The molecule has 0 radical (unpaired) electrons. The van der Waals surface area contributed by atoms with Crippen molar-refractivity contribution in [2.24, 2.45) is 5.73 Å². The van der Waals surface area contributed by atoms with Gasteiger partial charge in [-0.2, -0.15) is 0 Å². The lowest BCUT2D eigenvalue weighted by atomic mass is 10.1. The van der Waals surface area contributed by atoms with Gasteiger partial charge in [-0.1, -0.05) is 0 Å². The SMILES string of the molecule is NCc1c[nH]c2cc(F)ccc2c1=O. The molecule has 3 N–H and O–H groups in total. The Morgan fingerprint density at radius 1 is 1.43 bits per heavy atom. The van der Waals surface area contributed by atoms with Crippen LogP contribution in [0.15, 0.2) is 29.2 Å². The summed E-state index contributed by atoms with van der Waals surface area (Å²) in [6.07, 6.45) is 1.52. The molecule has 0 atom stereocenters. The minimum absolute atomic E-state index is 0.138. The second-order valence-corrected chi connectivity index (χ2v) is 3.04. The fourth-order valence-electron chi connectivity index (χ4n) is 1.39. The van der Waals surface area contributed by atoms with Gasteiger partial charge in [0.2, 0.25) is 0 Å². The van der Waals surface area contributed by atoms with Crippen molar-refractivity contribution in [2.75, 3.05) is 0 Å². The Bertz CT molecular complexity index is 533. The smallest absolute Gasteiger partial charge is 0.193 e. The second kappa shape index (κ2) is 3.23. The Morgan fingerprint density at radius 2 is 2.21 bits per heavy atom.